The van der Waals surface area contributed by atoms with Gasteiger partial charge in [0.2, 0.25) is 5.91 Å². The van der Waals surface area contributed by atoms with Crippen molar-refractivity contribution in [1.82, 2.24) is 14.7 Å². The second-order valence-electron chi connectivity index (χ2n) is 5.55. The normalized spacial score (nSPS) is 11.1. The molecule has 0 aliphatic rings. The average molecular weight is 388 g/mol. The maximum atomic E-state index is 12.2. The van der Waals surface area contributed by atoms with Gasteiger partial charge in [0, 0.05) is 32.7 Å². The molecule has 0 radical (unpaired) electrons. The van der Waals surface area contributed by atoms with Crippen LogP contribution in [-0.2, 0) is 17.8 Å². The van der Waals surface area contributed by atoms with Crippen LogP contribution in [0.5, 0.6) is 0 Å². The van der Waals surface area contributed by atoms with E-state index in [1.807, 2.05) is 57.8 Å². The van der Waals surface area contributed by atoms with Gasteiger partial charge in [-0.2, -0.15) is 0 Å². The van der Waals surface area contributed by atoms with Crippen molar-refractivity contribution in [1.29, 1.82) is 0 Å². The molecule has 25 heavy (non-hydrogen) atoms. The highest BCUT2D eigenvalue weighted by Crippen LogP contribution is 2.25. The Balaban J connectivity index is 1.50. The molecule has 0 unspecified atom stereocenters. The molecular formula is C18H14ClN3OS2. The first-order valence-electron chi connectivity index (χ1n) is 7.69. The summed E-state index contributed by atoms with van der Waals surface area (Å²) in [6.45, 7) is 0.573. The Labute approximate surface area is 157 Å². The van der Waals surface area contributed by atoms with Crippen LogP contribution in [0, 0.1) is 0 Å². The van der Waals surface area contributed by atoms with Gasteiger partial charge in [-0.15, -0.1) is 22.7 Å². The maximum Gasteiger partial charge on any atom is 0.226 e. The van der Waals surface area contributed by atoms with Crippen molar-refractivity contribution < 1.29 is 4.79 Å². The zero-order valence-electron chi connectivity index (χ0n) is 13.1. The van der Waals surface area contributed by atoms with Crippen LogP contribution in [-0.4, -0.2) is 15.3 Å². The predicted octanol–water partition coefficient (Wildman–Crippen LogP) is 4.64. The lowest BCUT2D eigenvalue weighted by atomic mass is 10.2. The van der Waals surface area contributed by atoms with Gasteiger partial charge in [-0.1, -0.05) is 29.8 Å². The molecule has 3 heterocycles. The zero-order valence-corrected chi connectivity index (χ0v) is 15.5. The van der Waals surface area contributed by atoms with E-state index in [9.17, 15) is 4.79 Å². The number of rotatable bonds is 5. The van der Waals surface area contributed by atoms with Crippen molar-refractivity contribution in [3.8, 4) is 11.3 Å². The van der Waals surface area contributed by atoms with Gasteiger partial charge in [0.15, 0.2) is 4.96 Å². The van der Waals surface area contributed by atoms with Crippen LogP contribution in [0.15, 0.2) is 53.4 Å². The summed E-state index contributed by atoms with van der Waals surface area (Å²) in [4.78, 5) is 18.9. The number of thiophene rings is 1. The van der Waals surface area contributed by atoms with E-state index in [1.54, 1.807) is 11.3 Å². The number of aromatic nitrogens is 2. The number of imidazole rings is 1. The molecule has 0 spiro atoms. The second-order valence-corrected chi connectivity index (χ2v) is 7.85. The van der Waals surface area contributed by atoms with E-state index in [0.717, 1.165) is 26.8 Å². The standard InChI is InChI=1S/C18H14ClN3OS2/c19-13-5-3-12(4-6-13)16-10-22-14(11-25-18(22)21-16)8-17(23)20-9-15-2-1-7-24-15/h1-7,10-11H,8-9H2,(H,20,23). The van der Waals surface area contributed by atoms with Crippen LogP contribution in [0.2, 0.25) is 5.02 Å². The van der Waals surface area contributed by atoms with Gasteiger partial charge in [0.25, 0.3) is 0 Å². The molecular weight excluding hydrogens is 374 g/mol. The Kier molecular flexibility index (Phi) is 4.57. The fraction of sp³-hybridized carbons (Fsp3) is 0.111. The van der Waals surface area contributed by atoms with Gasteiger partial charge in [0.05, 0.1) is 18.7 Å². The number of thiazole rings is 1. The summed E-state index contributed by atoms with van der Waals surface area (Å²) in [7, 11) is 0. The molecule has 4 rings (SSSR count). The van der Waals surface area contributed by atoms with Crippen LogP contribution in [0.4, 0.5) is 0 Å². The Morgan fingerprint density at radius 2 is 2.04 bits per heavy atom. The highest BCUT2D eigenvalue weighted by molar-refractivity contribution is 7.15. The van der Waals surface area contributed by atoms with Crippen LogP contribution >= 0.6 is 34.3 Å². The van der Waals surface area contributed by atoms with Crippen molar-refractivity contribution in [3.63, 3.8) is 0 Å². The van der Waals surface area contributed by atoms with Crippen LogP contribution in [0.1, 0.15) is 10.6 Å². The number of hydrogen-bond donors (Lipinski definition) is 1. The van der Waals surface area contributed by atoms with E-state index in [1.165, 1.54) is 11.3 Å². The van der Waals surface area contributed by atoms with E-state index < -0.39 is 0 Å². The number of carbonyl (C=O) groups excluding carboxylic acids is 1. The lowest BCUT2D eigenvalue weighted by molar-refractivity contribution is -0.120. The van der Waals surface area contributed by atoms with Gasteiger partial charge >= 0.3 is 0 Å². The summed E-state index contributed by atoms with van der Waals surface area (Å²) in [5.41, 5.74) is 2.83. The van der Waals surface area contributed by atoms with Gasteiger partial charge in [-0.25, -0.2) is 4.98 Å². The molecule has 1 N–H and O–H groups in total. The molecule has 0 bridgehead atoms. The van der Waals surface area contributed by atoms with E-state index in [-0.39, 0.29) is 5.91 Å². The van der Waals surface area contributed by atoms with E-state index in [4.69, 9.17) is 11.6 Å². The van der Waals surface area contributed by atoms with Crippen LogP contribution in [0.25, 0.3) is 16.2 Å². The lowest BCUT2D eigenvalue weighted by Crippen LogP contribution is -2.24. The number of amides is 1. The first-order chi connectivity index (χ1) is 12.2. The quantitative estimate of drug-likeness (QED) is 0.542. The summed E-state index contributed by atoms with van der Waals surface area (Å²) >= 11 is 9.12. The molecule has 1 aromatic carbocycles. The molecule has 4 nitrogen and oxygen atoms in total. The Morgan fingerprint density at radius 1 is 1.20 bits per heavy atom. The molecule has 7 heteroatoms. The SMILES string of the molecule is O=C(Cc1csc2nc(-c3ccc(Cl)cc3)cn12)NCc1cccs1. The summed E-state index contributed by atoms with van der Waals surface area (Å²) in [6.07, 6.45) is 2.30. The number of nitrogens with one attached hydrogen (secondary N) is 1. The highest BCUT2D eigenvalue weighted by Gasteiger charge is 2.12. The molecule has 1 amide bonds. The van der Waals surface area contributed by atoms with Gasteiger partial charge in [-0.05, 0) is 23.6 Å². The van der Waals surface area contributed by atoms with Crippen molar-refractivity contribution in [2.75, 3.05) is 0 Å². The number of fused-ring (bicyclic) bond motifs is 1. The molecule has 0 aliphatic carbocycles. The van der Waals surface area contributed by atoms with E-state index in [2.05, 4.69) is 10.3 Å². The second kappa shape index (κ2) is 7.00. The minimum absolute atomic E-state index is 0.00911. The third-order valence-electron chi connectivity index (χ3n) is 3.80. The van der Waals surface area contributed by atoms with Crippen LogP contribution in [0.3, 0.4) is 0 Å². The van der Waals surface area contributed by atoms with E-state index >= 15 is 0 Å². The number of benzene rings is 1. The summed E-state index contributed by atoms with van der Waals surface area (Å²) in [5.74, 6) is 0.00911. The van der Waals surface area contributed by atoms with Crippen molar-refractivity contribution in [2.45, 2.75) is 13.0 Å². The first-order valence-corrected chi connectivity index (χ1v) is 9.83. The monoisotopic (exact) mass is 387 g/mol. The van der Waals surface area contributed by atoms with E-state index in [0.29, 0.717) is 18.0 Å². The largest absolute Gasteiger partial charge is 0.351 e. The Bertz CT molecular complexity index is 1000. The molecule has 0 fully saturated rings. The minimum atomic E-state index is 0.00911. The van der Waals surface area contributed by atoms with Gasteiger partial charge in [0.1, 0.15) is 0 Å². The lowest BCUT2D eigenvalue weighted by Gasteiger charge is -2.03. The van der Waals surface area contributed by atoms with Crippen molar-refractivity contribution in [3.05, 3.63) is 68.9 Å². The van der Waals surface area contributed by atoms with Crippen LogP contribution < -0.4 is 5.32 Å². The topological polar surface area (TPSA) is 46.4 Å². The number of nitrogens with zero attached hydrogens (tertiary/aromatic N) is 2. The fourth-order valence-corrected chi connectivity index (χ4v) is 4.19. The third kappa shape index (κ3) is 3.61. The van der Waals surface area contributed by atoms with Crippen molar-refractivity contribution >= 4 is 45.1 Å². The summed E-state index contributed by atoms with van der Waals surface area (Å²) in [6, 6.07) is 11.6. The number of hydrogen-bond acceptors (Lipinski definition) is 4. The maximum absolute atomic E-state index is 12.2. The molecule has 0 atom stereocenters. The zero-order chi connectivity index (χ0) is 17.2. The minimum Gasteiger partial charge on any atom is -0.351 e. The molecule has 4 aromatic rings. The molecule has 0 saturated heterocycles. The molecule has 126 valence electrons. The highest BCUT2D eigenvalue weighted by atomic mass is 35.5. The van der Waals surface area contributed by atoms with Crippen molar-refractivity contribution in [2.24, 2.45) is 0 Å². The van der Waals surface area contributed by atoms with Gasteiger partial charge < -0.3 is 5.32 Å². The molecule has 3 aromatic heterocycles. The average Bonchev–Trinajstić information content (AvgIpc) is 3.32. The number of carbonyl (C=O) groups is 1. The first kappa shape index (κ1) is 16.3. The smallest absolute Gasteiger partial charge is 0.226 e. The Hall–Kier alpha value is -2.15. The van der Waals surface area contributed by atoms with Gasteiger partial charge in [-0.3, -0.25) is 9.20 Å². The molecule has 0 saturated carbocycles. The molecule has 0 aliphatic heterocycles. The number of halogens is 1. The Morgan fingerprint density at radius 3 is 2.80 bits per heavy atom. The third-order valence-corrected chi connectivity index (χ3v) is 5.82. The summed E-state index contributed by atoms with van der Waals surface area (Å²) < 4.78 is 1.99. The summed E-state index contributed by atoms with van der Waals surface area (Å²) in [5, 5.41) is 7.65. The predicted molar refractivity (Wildman–Crippen MR) is 103 cm³/mol. The fourth-order valence-electron chi connectivity index (χ4n) is 2.54.